The Morgan fingerprint density at radius 1 is 1.55 bits per heavy atom. The molecule has 0 saturated carbocycles. The van der Waals surface area contributed by atoms with E-state index >= 15 is 0 Å². The van der Waals surface area contributed by atoms with Crippen LogP contribution in [0.15, 0.2) is 0 Å². The van der Waals surface area contributed by atoms with Crippen LogP contribution in [0.5, 0.6) is 0 Å². The van der Waals surface area contributed by atoms with Gasteiger partial charge in [-0.1, -0.05) is 0 Å². The molecule has 1 unspecified atom stereocenters. The van der Waals surface area contributed by atoms with Gasteiger partial charge in [-0.05, 0) is 25.5 Å². The lowest BCUT2D eigenvalue weighted by Crippen LogP contribution is -2.31. The van der Waals surface area contributed by atoms with Gasteiger partial charge in [-0.3, -0.25) is 4.79 Å². The minimum Gasteiger partial charge on any atom is -0.315 e. The fourth-order valence-corrected chi connectivity index (χ4v) is 3.57. The van der Waals surface area contributed by atoms with E-state index in [0.717, 1.165) is 29.7 Å². The second-order valence-electron chi connectivity index (χ2n) is 4.71. The zero-order valence-corrected chi connectivity index (χ0v) is 12.8. The molecular formula is C12H15N3O3S2. The van der Waals surface area contributed by atoms with Gasteiger partial charge >= 0.3 is 0 Å². The standard InChI is InChI=1S/C12H15N3O3S2/c1-7(20(2,17)18)11(16)15-12-9(5-13)8-3-4-14-6-10(8)19-12/h7,14H,3-4,6H2,1-2H3,(H,15,16). The van der Waals surface area contributed by atoms with Crippen LogP contribution >= 0.6 is 11.3 Å². The van der Waals surface area contributed by atoms with E-state index in [1.54, 1.807) is 0 Å². The quantitative estimate of drug-likeness (QED) is 0.853. The Labute approximate surface area is 121 Å². The summed E-state index contributed by atoms with van der Waals surface area (Å²) in [5.74, 6) is -0.601. The number of nitriles is 1. The van der Waals surface area contributed by atoms with Gasteiger partial charge in [0.2, 0.25) is 5.91 Å². The molecule has 6 nitrogen and oxygen atoms in total. The zero-order valence-electron chi connectivity index (χ0n) is 11.2. The lowest BCUT2D eigenvalue weighted by atomic mass is 10.1. The van der Waals surface area contributed by atoms with Crippen molar-refractivity contribution in [1.29, 1.82) is 5.26 Å². The number of anilines is 1. The number of sulfone groups is 1. The summed E-state index contributed by atoms with van der Waals surface area (Å²) in [6.45, 7) is 2.81. The fraction of sp³-hybridized carbons (Fsp3) is 0.500. The molecule has 1 aliphatic heterocycles. The molecule has 1 aromatic rings. The molecule has 1 aliphatic rings. The fourth-order valence-electron chi connectivity index (χ4n) is 1.95. The average Bonchev–Trinajstić information content (AvgIpc) is 2.73. The van der Waals surface area contributed by atoms with Crippen LogP contribution in [0, 0.1) is 11.3 Å². The van der Waals surface area contributed by atoms with E-state index in [9.17, 15) is 18.5 Å². The Kier molecular flexibility index (Phi) is 4.13. The molecule has 20 heavy (non-hydrogen) atoms. The van der Waals surface area contributed by atoms with Gasteiger partial charge in [0.1, 0.15) is 16.3 Å². The first-order chi connectivity index (χ1) is 9.34. The number of amides is 1. The van der Waals surface area contributed by atoms with Gasteiger partial charge in [0.15, 0.2) is 9.84 Å². The lowest BCUT2D eigenvalue weighted by molar-refractivity contribution is -0.115. The number of rotatable bonds is 3. The van der Waals surface area contributed by atoms with Crippen LogP contribution in [-0.4, -0.2) is 32.4 Å². The number of fused-ring (bicyclic) bond motifs is 1. The third-order valence-electron chi connectivity index (χ3n) is 3.29. The van der Waals surface area contributed by atoms with Crippen LogP contribution < -0.4 is 10.6 Å². The molecule has 1 amide bonds. The summed E-state index contributed by atoms with van der Waals surface area (Å²) in [6, 6.07) is 2.11. The number of hydrogen-bond acceptors (Lipinski definition) is 6. The maximum absolute atomic E-state index is 11.9. The summed E-state index contributed by atoms with van der Waals surface area (Å²) in [7, 11) is -3.45. The first kappa shape index (κ1) is 15.0. The molecule has 0 fully saturated rings. The minimum atomic E-state index is -3.45. The molecule has 0 spiro atoms. The number of nitrogens with one attached hydrogen (secondary N) is 2. The van der Waals surface area contributed by atoms with Crippen LogP contribution in [0.3, 0.4) is 0 Å². The van der Waals surface area contributed by atoms with Crippen molar-refractivity contribution in [3.63, 3.8) is 0 Å². The summed E-state index contributed by atoms with van der Waals surface area (Å²) >= 11 is 1.33. The highest BCUT2D eigenvalue weighted by atomic mass is 32.2. The van der Waals surface area contributed by atoms with E-state index in [1.165, 1.54) is 18.3 Å². The van der Waals surface area contributed by atoms with Gasteiger partial charge in [0.05, 0.1) is 5.56 Å². The molecule has 0 radical (unpaired) electrons. The topological polar surface area (TPSA) is 99.1 Å². The first-order valence-electron chi connectivity index (χ1n) is 6.09. The number of carbonyl (C=O) groups excluding carboxylic acids is 1. The second kappa shape index (κ2) is 5.52. The first-order valence-corrected chi connectivity index (χ1v) is 8.86. The van der Waals surface area contributed by atoms with Crippen molar-refractivity contribution in [2.45, 2.75) is 25.1 Å². The van der Waals surface area contributed by atoms with Gasteiger partial charge in [0, 0.05) is 17.7 Å². The SMILES string of the molecule is CC(C(=O)Nc1sc2c(c1C#N)CCNC2)S(C)(=O)=O. The Morgan fingerprint density at radius 2 is 2.25 bits per heavy atom. The molecule has 2 N–H and O–H groups in total. The summed E-state index contributed by atoms with van der Waals surface area (Å²) in [5.41, 5.74) is 1.42. The van der Waals surface area contributed by atoms with E-state index in [4.69, 9.17) is 0 Å². The summed E-state index contributed by atoms with van der Waals surface area (Å²) in [5, 5.41) is 14.3. The molecule has 108 valence electrons. The van der Waals surface area contributed by atoms with Gasteiger partial charge in [-0.25, -0.2) is 8.42 Å². The Bertz CT molecular complexity index is 686. The van der Waals surface area contributed by atoms with E-state index in [2.05, 4.69) is 16.7 Å². The third-order valence-corrected chi connectivity index (χ3v) is 5.93. The largest absolute Gasteiger partial charge is 0.315 e. The van der Waals surface area contributed by atoms with E-state index < -0.39 is 21.0 Å². The lowest BCUT2D eigenvalue weighted by Gasteiger charge is -2.11. The smallest absolute Gasteiger partial charge is 0.243 e. The van der Waals surface area contributed by atoms with Crippen LogP contribution in [0.25, 0.3) is 0 Å². The molecule has 1 atom stereocenters. The van der Waals surface area contributed by atoms with Gasteiger partial charge in [0.25, 0.3) is 0 Å². The highest BCUT2D eigenvalue weighted by Crippen LogP contribution is 2.34. The van der Waals surface area contributed by atoms with Crippen molar-refractivity contribution >= 4 is 32.1 Å². The Hall–Kier alpha value is -1.43. The monoisotopic (exact) mass is 313 g/mol. The van der Waals surface area contributed by atoms with E-state index in [0.29, 0.717) is 17.1 Å². The van der Waals surface area contributed by atoms with Crippen molar-refractivity contribution in [1.82, 2.24) is 5.32 Å². The summed E-state index contributed by atoms with van der Waals surface area (Å²) in [4.78, 5) is 13.0. The molecule has 0 saturated heterocycles. The van der Waals surface area contributed by atoms with Crippen molar-refractivity contribution in [3.05, 3.63) is 16.0 Å². The third kappa shape index (κ3) is 2.85. The normalized spacial score (nSPS) is 16.1. The molecule has 2 heterocycles. The summed E-state index contributed by atoms with van der Waals surface area (Å²) in [6.07, 6.45) is 1.76. The van der Waals surface area contributed by atoms with Crippen molar-refractivity contribution in [2.24, 2.45) is 0 Å². The highest BCUT2D eigenvalue weighted by molar-refractivity contribution is 7.92. The van der Waals surface area contributed by atoms with Crippen LogP contribution in [0.1, 0.15) is 22.9 Å². The van der Waals surface area contributed by atoms with E-state index in [1.807, 2.05) is 0 Å². The predicted octanol–water partition coefficient (Wildman–Crippen LogP) is 0.637. The number of carbonyl (C=O) groups is 1. The molecule has 0 bridgehead atoms. The summed E-state index contributed by atoms with van der Waals surface area (Å²) < 4.78 is 22.8. The van der Waals surface area contributed by atoms with Crippen molar-refractivity contribution in [3.8, 4) is 6.07 Å². The number of nitrogens with zero attached hydrogens (tertiary/aromatic N) is 1. The Balaban J connectivity index is 2.29. The molecule has 2 rings (SSSR count). The van der Waals surface area contributed by atoms with Gasteiger partial charge in [-0.15, -0.1) is 11.3 Å². The highest BCUT2D eigenvalue weighted by Gasteiger charge is 2.27. The maximum Gasteiger partial charge on any atom is 0.243 e. The minimum absolute atomic E-state index is 0.446. The van der Waals surface area contributed by atoms with Crippen molar-refractivity contribution in [2.75, 3.05) is 18.1 Å². The number of hydrogen-bond donors (Lipinski definition) is 2. The van der Waals surface area contributed by atoms with Gasteiger partial charge in [-0.2, -0.15) is 5.26 Å². The molecule has 0 aromatic carbocycles. The number of thiophene rings is 1. The van der Waals surface area contributed by atoms with Crippen LogP contribution in [0.2, 0.25) is 0 Å². The maximum atomic E-state index is 11.9. The predicted molar refractivity (Wildman–Crippen MR) is 77.4 cm³/mol. The molecule has 1 aromatic heterocycles. The zero-order chi connectivity index (χ0) is 14.9. The molecular weight excluding hydrogens is 298 g/mol. The molecule has 8 heteroatoms. The van der Waals surface area contributed by atoms with E-state index in [-0.39, 0.29) is 0 Å². The van der Waals surface area contributed by atoms with Crippen LogP contribution in [-0.2, 0) is 27.6 Å². The second-order valence-corrected chi connectivity index (χ2v) is 8.18. The molecule has 0 aliphatic carbocycles. The van der Waals surface area contributed by atoms with Crippen LogP contribution in [0.4, 0.5) is 5.00 Å². The average molecular weight is 313 g/mol. The van der Waals surface area contributed by atoms with Gasteiger partial charge < -0.3 is 10.6 Å². The Morgan fingerprint density at radius 3 is 2.85 bits per heavy atom. The van der Waals surface area contributed by atoms with Crippen molar-refractivity contribution < 1.29 is 13.2 Å².